The van der Waals surface area contributed by atoms with E-state index in [0.717, 1.165) is 16.7 Å². The first-order valence-electron chi connectivity index (χ1n) is 7.56. The van der Waals surface area contributed by atoms with Crippen molar-refractivity contribution in [2.45, 2.75) is 37.5 Å². The fraction of sp³-hybridized carbons (Fsp3) is 0.294. The zero-order valence-electron chi connectivity index (χ0n) is 15.4. The summed E-state index contributed by atoms with van der Waals surface area (Å²) in [6, 6.07) is 8.24. The Labute approximate surface area is 155 Å². The Morgan fingerprint density at radius 3 is 1.69 bits per heavy atom. The van der Waals surface area contributed by atoms with E-state index in [4.69, 9.17) is 15.0 Å². The van der Waals surface area contributed by atoms with E-state index in [1.165, 1.54) is 19.2 Å². The van der Waals surface area contributed by atoms with Crippen LogP contribution in [0.1, 0.15) is 22.3 Å². The molecule has 0 spiro atoms. The van der Waals surface area contributed by atoms with Crippen molar-refractivity contribution in [2.24, 2.45) is 10.3 Å². The van der Waals surface area contributed by atoms with Gasteiger partial charge in [-0.2, -0.15) is 0 Å². The Kier molecular flexibility index (Phi) is 6.95. The van der Waals surface area contributed by atoms with Gasteiger partial charge in [0.2, 0.25) is 20.0 Å². The molecule has 2 aromatic rings. The zero-order valence-corrected chi connectivity index (χ0v) is 17.0. The largest absolute Gasteiger partial charge is 0.497 e. The van der Waals surface area contributed by atoms with Gasteiger partial charge in [-0.1, -0.05) is 12.1 Å². The Morgan fingerprint density at radius 1 is 0.769 bits per heavy atom. The van der Waals surface area contributed by atoms with Gasteiger partial charge in [0.1, 0.15) is 5.75 Å². The van der Waals surface area contributed by atoms with Crippen LogP contribution in [0.3, 0.4) is 0 Å². The average molecular weight is 401 g/mol. The number of primary sulfonamides is 2. The molecule has 0 heterocycles. The van der Waals surface area contributed by atoms with Crippen LogP contribution >= 0.6 is 0 Å². The van der Waals surface area contributed by atoms with Gasteiger partial charge in [0.15, 0.2) is 0 Å². The van der Waals surface area contributed by atoms with Gasteiger partial charge in [0.25, 0.3) is 0 Å². The summed E-state index contributed by atoms with van der Waals surface area (Å²) in [6.45, 7) is 7.13. The van der Waals surface area contributed by atoms with Gasteiger partial charge in [-0.05, 0) is 62.1 Å². The molecule has 0 unspecified atom stereocenters. The number of methoxy groups -OCH3 is 1. The Morgan fingerprint density at radius 2 is 1.27 bits per heavy atom. The number of ether oxygens (including phenoxy) is 1. The molecule has 2 aromatic carbocycles. The SMILES string of the molecule is COc1cc(C)c(C)c(S(N)(=O)=O)c1.Cc1cccc(S(N)(=O)=O)c1C. The second-order valence-corrected chi connectivity index (χ2v) is 8.92. The van der Waals surface area contributed by atoms with Crippen LogP contribution in [0.2, 0.25) is 0 Å². The summed E-state index contributed by atoms with van der Waals surface area (Å²) in [5, 5.41) is 10.1. The summed E-state index contributed by atoms with van der Waals surface area (Å²) < 4.78 is 49.3. The quantitative estimate of drug-likeness (QED) is 0.813. The maximum atomic E-state index is 11.2. The van der Waals surface area contributed by atoms with Crippen LogP contribution in [-0.2, 0) is 20.0 Å². The fourth-order valence-corrected chi connectivity index (χ4v) is 3.97. The first kappa shape index (κ1) is 22.1. The van der Waals surface area contributed by atoms with Crippen molar-refractivity contribution in [2.75, 3.05) is 7.11 Å². The topological polar surface area (TPSA) is 130 Å². The Hall–Kier alpha value is -1.94. The first-order valence-corrected chi connectivity index (χ1v) is 10.7. The molecule has 7 nitrogen and oxygen atoms in total. The van der Waals surface area contributed by atoms with Crippen LogP contribution in [0.15, 0.2) is 40.1 Å². The minimum absolute atomic E-state index is 0.120. The predicted octanol–water partition coefficient (Wildman–Crippen LogP) is 1.91. The number of aryl methyl sites for hydroxylation is 2. The van der Waals surface area contributed by atoms with E-state index >= 15 is 0 Å². The summed E-state index contributed by atoms with van der Waals surface area (Å²) >= 11 is 0. The summed E-state index contributed by atoms with van der Waals surface area (Å²) in [5.41, 5.74) is 3.16. The molecule has 9 heteroatoms. The number of hydrogen-bond donors (Lipinski definition) is 2. The van der Waals surface area contributed by atoms with Crippen molar-refractivity contribution in [3.63, 3.8) is 0 Å². The highest BCUT2D eigenvalue weighted by atomic mass is 32.2. The lowest BCUT2D eigenvalue weighted by atomic mass is 10.1. The van der Waals surface area contributed by atoms with E-state index in [1.54, 1.807) is 26.0 Å². The molecular formula is C17H24N2O5S2. The zero-order chi connectivity index (χ0) is 20.3. The molecule has 4 N–H and O–H groups in total. The molecule has 0 aliphatic rings. The molecule has 0 aromatic heterocycles. The van der Waals surface area contributed by atoms with E-state index in [0.29, 0.717) is 11.3 Å². The summed E-state index contributed by atoms with van der Waals surface area (Å²) in [4.78, 5) is 0.330. The lowest BCUT2D eigenvalue weighted by Gasteiger charge is -2.09. The second kappa shape index (κ2) is 8.17. The number of hydrogen-bond acceptors (Lipinski definition) is 5. The van der Waals surface area contributed by atoms with Crippen LogP contribution in [0.5, 0.6) is 5.75 Å². The maximum Gasteiger partial charge on any atom is 0.238 e. The summed E-state index contributed by atoms with van der Waals surface area (Å²) in [7, 11) is -5.74. The Balaban J connectivity index is 0.000000263. The lowest BCUT2D eigenvalue weighted by Crippen LogP contribution is -2.14. The van der Waals surface area contributed by atoms with Crippen LogP contribution in [0.4, 0.5) is 0 Å². The predicted molar refractivity (Wildman–Crippen MR) is 101 cm³/mol. The van der Waals surface area contributed by atoms with Crippen LogP contribution in [0.25, 0.3) is 0 Å². The molecule has 26 heavy (non-hydrogen) atoms. The van der Waals surface area contributed by atoms with Crippen molar-refractivity contribution in [3.05, 3.63) is 52.6 Å². The second-order valence-electron chi connectivity index (χ2n) is 5.86. The third-order valence-electron chi connectivity index (χ3n) is 4.00. The smallest absolute Gasteiger partial charge is 0.238 e. The molecule has 144 valence electrons. The molecule has 0 saturated carbocycles. The minimum Gasteiger partial charge on any atom is -0.497 e. The molecule has 0 aliphatic heterocycles. The van der Waals surface area contributed by atoms with E-state index in [9.17, 15) is 16.8 Å². The van der Waals surface area contributed by atoms with E-state index in [-0.39, 0.29) is 9.79 Å². The summed E-state index contributed by atoms with van der Waals surface area (Å²) in [6.07, 6.45) is 0. The van der Waals surface area contributed by atoms with E-state index in [2.05, 4.69) is 0 Å². The number of sulfonamides is 2. The van der Waals surface area contributed by atoms with Gasteiger partial charge in [-0.3, -0.25) is 0 Å². The molecule has 0 atom stereocenters. The van der Waals surface area contributed by atoms with Crippen molar-refractivity contribution in [3.8, 4) is 5.75 Å². The molecule has 0 radical (unpaired) electrons. The standard InChI is InChI=1S/C9H13NO3S.C8H11NO2S/c1-6-4-8(13-3)5-9(7(6)2)14(10,11)12;1-6-4-3-5-8(7(6)2)12(9,10)11/h4-5H,1-3H3,(H2,10,11,12);3-5H,1-2H3,(H2,9,10,11). The molecule has 0 bridgehead atoms. The molecule has 0 fully saturated rings. The highest BCUT2D eigenvalue weighted by molar-refractivity contribution is 7.89. The van der Waals surface area contributed by atoms with E-state index < -0.39 is 20.0 Å². The maximum absolute atomic E-state index is 11.2. The number of rotatable bonds is 3. The van der Waals surface area contributed by atoms with Crippen molar-refractivity contribution < 1.29 is 21.6 Å². The summed E-state index contributed by atoms with van der Waals surface area (Å²) in [5.74, 6) is 0.497. The third-order valence-corrected chi connectivity index (χ3v) is 6.09. The molecule has 0 amide bonds. The normalized spacial score (nSPS) is 11.5. The van der Waals surface area contributed by atoms with Gasteiger partial charge >= 0.3 is 0 Å². The average Bonchev–Trinajstić information content (AvgIpc) is 2.51. The number of nitrogens with two attached hydrogens (primary N) is 2. The highest BCUT2D eigenvalue weighted by Gasteiger charge is 2.14. The number of benzene rings is 2. The van der Waals surface area contributed by atoms with Crippen LogP contribution < -0.4 is 15.0 Å². The van der Waals surface area contributed by atoms with Crippen molar-refractivity contribution in [1.82, 2.24) is 0 Å². The third kappa shape index (κ3) is 5.53. The molecule has 2 rings (SSSR count). The minimum atomic E-state index is -3.67. The fourth-order valence-electron chi connectivity index (χ4n) is 2.24. The molecule has 0 saturated heterocycles. The monoisotopic (exact) mass is 400 g/mol. The van der Waals surface area contributed by atoms with Crippen LogP contribution in [0, 0.1) is 27.7 Å². The molecule has 0 aliphatic carbocycles. The van der Waals surface area contributed by atoms with Crippen LogP contribution in [-0.4, -0.2) is 23.9 Å². The molecular weight excluding hydrogens is 376 g/mol. The first-order chi connectivity index (χ1) is 11.8. The van der Waals surface area contributed by atoms with Gasteiger partial charge in [-0.25, -0.2) is 27.1 Å². The highest BCUT2D eigenvalue weighted by Crippen LogP contribution is 2.24. The van der Waals surface area contributed by atoms with Gasteiger partial charge < -0.3 is 4.74 Å². The van der Waals surface area contributed by atoms with Crippen molar-refractivity contribution >= 4 is 20.0 Å². The van der Waals surface area contributed by atoms with Gasteiger partial charge in [-0.15, -0.1) is 0 Å². The van der Waals surface area contributed by atoms with Gasteiger partial charge in [0, 0.05) is 6.07 Å². The van der Waals surface area contributed by atoms with Crippen molar-refractivity contribution in [1.29, 1.82) is 0 Å². The Bertz CT molecular complexity index is 1010. The lowest BCUT2D eigenvalue weighted by molar-refractivity contribution is 0.413. The van der Waals surface area contributed by atoms with E-state index in [1.807, 2.05) is 19.9 Å². The van der Waals surface area contributed by atoms with Gasteiger partial charge in [0.05, 0.1) is 16.9 Å².